The molecule has 4 N–H and O–H groups in total. The first-order chi connectivity index (χ1) is 15.5. The van der Waals surface area contributed by atoms with Crippen LogP contribution >= 0.6 is 0 Å². The van der Waals surface area contributed by atoms with Crippen LogP contribution in [0.1, 0.15) is 56.8 Å². The summed E-state index contributed by atoms with van der Waals surface area (Å²) in [6, 6.07) is 9.11. The summed E-state index contributed by atoms with van der Waals surface area (Å²) in [5.41, 5.74) is 4.07. The molecule has 2 aromatic rings. The van der Waals surface area contributed by atoms with Crippen LogP contribution in [0, 0.1) is 17.0 Å². The third-order valence-electron chi connectivity index (χ3n) is 5.78. The zero-order chi connectivity index (χ0) is 24.2. The Morgan fingerprint density at radius 2 is 1.85 bits per heavy atom. The maximum absolute atomic E-state index is 13.6. The SMILES string of the molecule is CC(=O)NC(Cc1cc(F)cc(F)c1)C(O)CNC1CCNc2ccc(CC(C)(C)C)cc21. The van der Waals surface area contributed by atoms with Crippen molar-refractivity contribution in [3.63, 3.8) is 0 Å². The molecule has 0 spiro atoms. The van der Waals surface area contributed by atoms with Crippen LogP contribution in [0.4, 0.5) is 14.5 Å². The van der Waals surface area contributed by atoms with E-state index in [1.54, 1.807) is 0 Å². The molecule has 180 valence electrons. The number of rotatable bonds is 8. The van der Waals surface area contributed by atoms with Crippen LogP contribution in [0.2, 0.25) is 0 Å². The Kier molecular flexibility index (Phi) is 8.08. The molecule has 1 aliphatic rings. The number of hydrogen-bond donors (Lipinski definition) is 4. The molecule has 2 aromatic carbocycles. The van der Waals surface area contributed by atoms with Gasteiger partial charge in [0.15, 0.2) is 0 Å². The minimum absolute atomic E-state index is 0.0559. The van der Waals surface area contributed by atoms with Crippen LogP contribution in [0.5, 0.6) is 0 Å². The average molecular weight is 460 g/mol. The highest BCUT2D eigenvalue weighted by atomic mass is 19.1. The monoisotopic (exact) mass is 459 g/mol. The molecule has 5 nitrogen and oxygen atoms in total. The molecule has 3 rings (SSSR count). The van der Waals surface area contributed by atoms with Crippen LogP contribution < -0.4 is 16.0 Å². The van der Waals surface area contributed by atoms with E-state index in [1.807, 2.05) is 0 Å². The van der Waals surface area contributed by atoms with Gasteiger partial charge in [0, 0.05) is 37.8 Å². The molecule has 0 fully saturated rings. The molecule has 0 saturated carbocycles. The quantitative estimate of drug-likeness (QED) is 0.480. The van der Waals surface area contributed by atoms with Crippen LogP contribution in [-0.2, 0) is 17.6 Å². The molecule has 1 amide bonds. The van der Waals surface area contributed by atoms with Gasteiger partial charge in [-0.15, -0.1) is 0 Å². The lowest BCUT2D eigenvalue weighted by molar-refractivity contribution is -0.120. The molecule has 0 bridgehead atoms. The third-order valence-corrected chi connectivity index (χ3v) is 5.78. The van der Waals surface area contributed by atoms with Crippen molar-refractivity contribution in [1.29, 1.82) is 0 Å². The Labute approximate surface area is 195 Å². The first-order valence-electron chi connectivity index (χ1n) is 11.5. The number of nitrogens with one attached hydrogen (secondary N) is 3. The predicted molar refractivity (Wildman–Crippen MR) is 127 cm³/mol. The Bertz CT molecular complexity index is 954. The Morgan fingerprint density at radius 3 is 2.48 bits per heavy atom. The number of anilines is 1. The molecule has 0 aromatic heterocycles. The summed E-state index contributed by atoms with van der Waals surface area (Å²) in [6.07, 6.45) is 1.01. The zero-order valence-electron chi connectivity index (χ0n) is 19.8. The highest BCUT2D eigenvalue weighted by Crippen LogP contribution is 2.32. The van der Waals surface area contributed by atoms with E-state index in [2.05, 4.69) is 54.9 Å². The van der Waals surface area contributed by atoms with Gasteiger partial charge in [-0.05, 0) is 59.6 Å². The van der Waals surface area contributed by atoms with Gasteiger partial charge in [0.1, 0.15) is 11.6 Å². The fourth-order valence-corrected chi connectivity index (χ4v) is 4.43. The second kappa shape index (κ2) is 10.6. The lowest BCUT2D eigenvalue weighted by Gasteiger charge is -2.31. The smallest absolute Gasteiger partial charge is 0.217 e. The number of benzene rings is 2. The highest BCUT2D eigenvalue weighted by Gasteiger charge is 2.25. The summed E-state index contributed by atoms with van der Waals surface area (Å²) in [6.45, 7) is 9.04. The lowest BCUT2D eigenvalue weighted by atomic mass is 9.86. The van der Waals surface area contributed by atoms with Crippen LogP contribution in [0.25, 0.3) is 0 Å². The van der Waals surface area contributed by atoms with Gasteiger partial charge in [0.25, 0.3) is 0 Å². The van der Waals surface area contributed by atoms with Gasteiger partial charge in [0.2, 0.25) is 5.91 Å². The van der Waals surface area contributed by atoms with E-state index in [1.165, 1.54) is 30.2 Å². The number of amides is 1. The molecule has 0 radical (unpaired) electrons. The van der Waals surface area contributed by atoms with Crippen molar-refractivity contribution in [3.05, 3.63) is 64.7 Å². The maximum Gasteiger partial charge on any atom is 0.217 e. The molecule has 33 heavy (non-hydrogen) atoms. The number of carbonyl (C=O) groups excluding carboxylic acids is 1. The van der Waals surface area contributed by atoms with Gasteiger partial charge in [-0.3, -0.25) is 4.79 Å². The first-order valence-corrected chi connectivity index (χ1v) is 11.5. The van der Waals surface area contributed by atoms with Crippen molar-refractivity contribution in [1.82, 2.24) is 10.6 Å². The van der Waals surface area contributed by atoms with Crippen molar-refractivity contribution >= 4 is 11.6 Å². The third kappa shape index (κ3) is 7.51. The normalized spacial score (nSPS) is 17.6. The number of fused-ring (bicyclic) bond motifs is 1. The van der Waals surface area contributed by atoms with E-state index in [-0.39, 0.29) is 30.3 Å². The molecule has 1 heterocycles. The second-order valence-electron chi connectivity index (χ2n) is 10.2. The summed E-state index contributed by atoms with van der Waals surface area (Å²) in [5, 5.41) is 20.5. The molecule has 7 heteroatoms. The fourth-order valence-electron chi connectivity index (χ4n) is 4.43. The van der Waals surface area contributed by atoms with Gasteiger partial charge >= 0.3 is 0 Å². The van der Waals surface area contributed by atoms with Gasteiger partial charge in [-0.2, -0.15) is 0 Å². The van der Waals surface area contributed by atoms with Gasteiger partial charge < -0.3 is 21.1 Å². The highest BCUT2D eigenvalue weighted by molar-refractivity contribution is 5.73. The van der Waals surface area contributed by atoms with Gasteiger partial charge in [-0.25, -0.2) is 8.78 Å². The van der Waals surface area contributed by atoms with Crippen LogP contribution in [0.15, 0.2) is 36.4 Å². The lowest BCUT2D eigenvalue weighted by Crippen LogP contribution is -2.48. The Morgan fingerprint density at radius 1 is 1.15 bits per heavy atom. The van der Waals surface area contributed by atoms with Crippen molar-refractivity contribution in [3.8, 4) is 0 Å². The molecule has 1 aliphatic heterocycles. The molecule has 0 aliphatic carbocycles. The number of aliphatic hydroxyl groups excluding tert-OH is 1. The van der Waals surface area contributed by atoms with E-state index in [4.69, 9.17) is 0 Å². The van der Waals surface area contributed by atoms with E-state index < -0.39 is 23.8 Å². The summed E-state index contributed by atoms with van der Waals surface area (Å²) in [5.74, 6) is -1.68. The zero-order valence-corrected chi connectivity index (χ0v) is 19.8. The summed E-state index contributed by atoms with van der Waals surface area (Å²) >= 11 is 0. The maximum atomic E-state index is 13.6. The first kappa shape index (κ1) is 25.1. The van der Waals surface area contributed by atoms with Crippen LogP contribution in [-0.4, -0.2) is 36.2 Å². The largest absolute Gasteiger partial charge is 0.390 e. The fraction of sp³-hybridized carbons (Fsp3) is 0.500. The summed E-state index contributed by atoms with van der Waals surface area (Å²) in [4.78, 5) is 11.7. The van der Waals surface area contributed by atoms with Gasteiger partial charge in [-0.1, -0.05) is 32.9 Å². The van der Waals surface area contributed by atoms with Crippen molar-refractivity contribution in [2.75, 3.05) is 18.4 Å². The molecular weight excluding hydrogens is 424 g/mol. The molecular formula is C26H35F2N3O2. The number of hydrogen-bond acceptors (Lipinski definition) is 4. The molecule has 3 atom stereocenters. The second-order valence-corrected chi connectivity index (χ2v) is 10.2. The summed E-state index contributed by atoms with van der Waals surface area (Å²) in [7, 11) is 0. The standard InChI is InChI=1S/C26H35F2N3O2/c1-16(32)31-24(12-18-9-19(27)13-20(28)10-18)25(33)15-30-23-7-8-29-22-6-5-17(11-21(22)23)14-26(2,3)4/h5-6,9-11,13,23-25,29-30,33H,7-8,12,14-15H2,1-4H3,(H,31,32). The average Bonchev–Trinajstić information content (AvgIpc) is 2.69. The topological polar surface area (TPSA) is 73.4 Å². The molecule has 0 saturated heterocycles. The van der Waals surface area contributed by atoms with E-state index in [0.717, 1.165) is 31.1 Å². The minimum Gasteiger partial charge on any atom is -0.390 e. The van der Waals surface area contributed by atoms with E-state index in [0.29, 0.717) is 5.56 Å². The Hall–Kier alpha value is -2.51. The number of aliphatic hydroxyl groups is 1. The van der Waals surface area contributed by atoms with Crippen molar-refractivity contribution in [2.24, 2.45) is 5.41 Å². The summed E-state index contributed by atoms with van der Waals surface area (Å²) < 4.78 is 27.2. The van der Waals surface area contributed by atoms with E-state index in [9.17, 15) is 18.7 Å². The van der Waals surface area contributed by atoms with Crippen molar-refractivity contribution in [2.45, 2.75) is 65.1 Å². The number of carbonyl (C=O) groups is 1. The number of halogens is 2. The van der Waals surface area contributed by atoms with E-state index >= 15 is 0 Å². The Balaban J connectivity index is 1.70. The molecule has 3 unspecified atom stereocenters. The van der Waals surface area contributed by atoms with Crippen molar-refractivity contribution < 1.29 is 18.7 Å². The predicted octanol–water partition coefficient (Wildman–Crippen LogP) is 4.11. The van der Waals surface area contributed by atoms with Crippen LogP contribution in [0.3, 0.4) is 0 Å². The van der Waals surface area contributed by atoms with Gasteiger partial charge in [0.05, 0.1) is 12.1 Å². The minimum atomic E-state index is -0.934.